The average molecular weight is 171 g/mol. The molecule has 1 unspecified atom stereocenters. The Labute approximate surface area is 70.9 Å². The molecule has 1 aliphatic rings. The minimum Gasteiger partial charge on any atom is -0.368 e. The minimum atomic E-state index is -0.420. The Morgan fingerprint density at radius 2 is 2.25 bits per heavy atom. The van der Waals surface area contributed by atoms with Gasteiger partial charge in [0.25, 0.3) is 0 Å². The highest BCUT2D eigenvalue weighted by Crippen LogP contribution is 2.16. The van der Waals surface area contributed by atoms with E-state index in [-0.39, 0.29) is 6.03 Å². The van der Waals surface area contributed by atoms with Gasteiger partial charge in [0.05, 0.1) is 0 Å². The highest BCUT2D eigenvalue weighted by Gasteiger charge is 2.31. The maximum Gasteiger partial charge on any atom is 0.317 e. The van der Waals surface area contributed by atoms with Crippen LogP contribution in [-0.4, -0.2) is 36.5 Å². The number of primary amides is 1. The molecule has 0 bridgehead atoms. The van der Waals surface area contributed by atoms with E-state index in [1.54, 1.807) is 7.05 Å². The van der Waals surface area contributed by atoms with Crippen molar-refractivity contribution < 1.29 is 9.59 Å². The maximum absolute atomic E-state index is 11.1. The molecule has 0 radical (unpaired) electrons. The fourth-order valence-corrected chi connectivity index (χ4v) is 1.45. The minimum absolute atomic E-state index is 0.226. The van der Waals surface area contributed by atoms with Gasteiger partial charge in [-0.3, -0.25) is 4.79 Å². The fourth-order valence-electron chi connectivity index (χ4n) is 1.45. The summed E-state index contributed by atoms with van der Waals surface area (Å²) >= 11 is 0. The number of amides is 3. The van der Waals surface area contributed by atoms with Gasteiger partial charge in [0.15, 0.2) is 0 Å². The number of carbonyl (C=O) groups excluding carboxylic acids is 2. The van der Waals surface area contributed by atoms with E-state index in [4.69, 9.17) is 5.73 Å². The molecule has 5 nitrogen and oxygen atoms in total. The zero-order valence-corrected chi connectivity index (χ0v) is 7.04. The van der Waals surface area contributed by atoms with Gasteiger partial charge in [-0.25, -0.2) is 4.79 Å². The molecule has 0 aromatic carbocycles. The summed E-state index contributed by atoms with van der Waals surface area (Å²) in [5.74, 6) is -0.420. The number of rotatable bonds is 1. The molecule has 1 rings (SSSR count). The Balaban J connectivity index is 2.63. The van der Waals surface area contributed by atoms with Crippen LogP contribution in [-0.2, 0) is 4.79 Å². The molecule has 1 fully saturated rings. The van der Waals surface area contributed by atoms with Crippen molar-refractivity contribution in [1.29, 1.82) is 0 Å². The van der Waals surface area contributed by atoms with E-state index in [0.717, 1.165) is 6.42 Å². The monoisotopic (exact) mass is 171 g/mol. The Hall–Kier alpha value is -1.26. The molecule has 68 valence electrons. The summed E-state index contributed by atoms with van der Waals surface area (Å²) in [4.78, 5) is 23.4. The Morgan fingerprint density at radius 1 is 1.58 bits per heavy atom. The van der Waals surface area contributed by atoms with Gasteiger partial charge in [-0.15, -0.1) is 0 Å². The van der Waals surface area contributed by atoms with Crippen LogP contribution < -0.4 is 11.1 Å². The smallest absolute Gasteiger partial charge is 0.317 e. The Bertz CT molecular complexity index is 205. The molecule has 0 aromatic heterocycles. The van der Waals surface area contributed by atoms with Crippen LogP contribution >= 0.6 is 0 Å². The molecule has 1 saturated heterocycles. The van der Waals surface area contributed by atoms with Gasteiger partial charge in [-0.2, -0.15) is 0 Å². The predicted octanol–water partition coefficient (Wildman–Crippen LogP) is -0.724. The molecule has 3 N–H and O–H groups in total. The van der Waals surface area contributed by atoms with Crippen LogP contribution in [0, 0.1) is 0 Å². The highest BCUT2D eigenvalue weighted by molar-refractivity contribution is 5.86. The molecule has 0 saturated carbocycles. The van der Waals surface area contributed by atoms with Crippen molar-refractivity contribution in [3.8, 4) is 0 Å². The number of urea groups is 1. The van der Waals surface area contributed by atoms with E-state index in [0.29, 0.717) is 13.0 Å². The first-order valence-corrected chi connectivity index (χ1v) is 3.94. The van der Waals surface area contributed by atoms with Crippen molar-refractivity contribution in [2.45, 2.75) is 18.9 Å². The topological polar surface area (TPSA) is 75.4 Å². The van der Waals surface area contributed by atoms with Crippen LogP contribution in [0.15, 0.2) is 0 Å². The Kier molecular flexibility index (Phi) is 2.52. The van der Waals surface area contributed by atoms with Gasteiger partial charge in [0.1, 0.15) is 6.04 Å². The third kappa shape index (κ3) is 1.49. The van der Waals surface area contributed by atoms with Crippen molar-refractivity contribution in [3.05, 3.63) is 0 Å². The number of likely N-dealkylation sites (tertiary alicyclic amines) is 1. The molecule has 3 amide bonds. The van der Waals surface area contributed by atoms with Gasteiger partial charge < -0.3 is 16.0 Å². The molecular weight excluding hydrogens is 158 g/mol. The van der Waals surface area contributed by atoms with E-state index in [1.807, 2.05) is 0 Å². The summed E-state index contributed by atoms with van der Waals surface area (Å²) in [7, 11) is 1.54. The van der Waals surface area contributed by atoms with Crippen molar-refractivity contribution in [2.75, 3.05) is 13.6 Å². The second kappa shape index (κ2) is 3.42. The lowest BCUT2D eigenvalue weighted by molar-refractivity contribution is -0.121. The summed E-state index contributed by atoms with van der Waals surface area (Å²) in [6.45, 7) is 0.618. The summed E-state index contributed by atoms with van der Waals surface area (Å²) < 4.78 is 0. The summed E-state index contributed by atoms with van der Waals surface area (Å²) in [6, 6.07) is -0.638. The van der Waals surface area contributed by atoms with Gasteiger partial charge in [-0.1, -0.05) is 0 Å². The number of hydrogen-bond acceptors (Lipinski definition) is 2. The van der Waals surface area contributed by atoms with Crippen LogP contribution in [0.1, 0.15) is 12.8 Å². The van der Waals surface area contributed by atoms with Crippen molar-refractivity contribution in [3.63, 3.8) is 0 Å². The summed E-state index contributed by atoms with van der Waals surface area (Å²) in [5.41, 5.74) is 5.12. The van der Waals surface area contributed by atoms with Crippen LogP contribution in [0.5, 0.6) is 0 Å². The van der Waals surface area contributed by atoms with E-state index < -0.39 is 11.9 Å². The summed E-state index contributed by atoms with van der Waals surface area (Å²) in [5, 5.41) is 2.47. The molecule has 0 aromatic rings. The summed E-state index contributed by atoms with van der Waals surface area (Å²) in [6.07, 6.45) is 1.53. The normalized spacial score (nSPS) is 22.4. The number of nitrogens with one attached hydrogen (secondary N) is 1. The second-order valence-electron chi connectivity index (χ2n) is 2.81. The van der Waals surface area contributed by atoms with Gasteiger partial charge in [-0.05, 0) is 12.8 Å². The predicted molar refractivity (Wildman–Crippen MR) is 43.4 cm³/mol. The van der Waals surface area contributed by atoms with Crippen LogP contribution in [0.3, 0.4) is 0 Å². The van der Waals surface area contributed by atoms with Crippen molar-refractivity contribution in [2.24, 2.45) is 5.73 Å². The van der Waals surface area contributed by atoms with Gasteiger partial charge >= 0.3 is 6.03 Å². The first-order valence-electron chi connectivity index (χ1n) is 3.94. The third-order valence-electron chi connectivity index (χ3n) is 2.06. The molecule has 12 heavy (non-hydrogen) atoms. The largest absolute Gasteiger partial charge is 0.368 e. The number of hydrogen-bond donors (Lipinski definition) is 2. The van der Waals surface area contributed by atoms with E-state index in [9.17, 15) is 9.59 Å². The van der Waals surface area contributed by atoms with E-state index in [2.05, 4.69) is 5.32 Å². The maximum atomic E-state index is 11.1. The zero-order chi connectivity index (χ0) is 9.14. The quantitative estimate of drug-likeness (QED) is 0.546. The zero-order valence-electron chi connectivity index (χ0n) is 7.04. The molecule has 1 atom stereocenters. The molecule has 5 heteroatoms. The van der Waals surface area contributed by atoms with Crippen LogP contribution in [0.4, 0.5) is 4.79 Å². The van der Waals surface area contributed by atoms with Gasteiger partial charge in [0, 0.05) is 13.6 Å². The SMILES string of the molecule is CNC(=O)N1CCCC1C(N)=O. The second-order valence-corrected chi connectivity index (χ2v) is 2.81. The highest BCUT2D eigenvalue weighted by atomic mass is 16.2. The lowest BCUT2D eigenvalue weighted by Gasteiger charge is -2.21. The fraction of sp³-hybridized carbons (Fsp3) is 0.714. The lowest BCUT2D eigenvalue weighted by atomic mass is 10.2. The molecular formula is C7H13N3O2. The first-order chi connectivity index (χ1) is 5.66. The van der Waals surface area contributed by atoms with Crippen LogP contribution in [0.2, 0.25) is 0 Å². The number of nitrogens with two attached hydrogens (primary N) is 1. The molecule has 1 aliphatic heterocycles. The number of carbonyl (C=O) groups is 2. The number of nitrogens with zero attached hydrogens (tertiary/aromatic N) is 1. The standard InChI is InChI=1S/C7H13N3O2/c1-9-7(12)10-4-2-3-5(10)6(8)11/h5H,2-4H2,1H3,(H2,8,11)(H,9,12). The van der Waals surface area contributed by atoms with Gasteiger partial charge in [0.2, 0.25) is 5.91 Å². The Morgan fingerprint density at radius 3 is 2.75 bits per heavy atom. The van der Waals surface area contributed by atoms with E-state index >= 15 is 0 Å². The lowest BCUT2D eigenvalue weighted by Crippen LogP contribution is -2.47. The molecule has 0 aliphatic carbocycles. The van der Waals surface area contributed by atoms with E-state index in [1.165, 1.54) is 4.90 Å². The first kappa shape index (κ1) is 8.83. The molecule has 1 heterocycles. The molecule has 0 spiro atoms. The van der Waals surface area contributed by atoms with Crippen LogP contribution in [0.25, 0.3) is 0 Å². The average Bonchev–Trinajstić information content (AvgIpc) is 2.50. The third-order valence-corrected chi connectivity index (χ3v) is 2.06. The van der Waals surface area contributed by atoms with Crippen molar-refractivity contribution >= 4 is 11.9 Å². The van der Waals surface area contributed by atoms with Crippen molar-refractivity contribution in [1.82, 2.24) is 10.2 Å².